The Kier molecular flexibility index (Phi) is 5.81. The van der Waals surface area contributed by atoms with Crippen molar-refractivity contribution in [2.75, 3.05) is 6.54 Å². The molecule has 1 amide bonds. The lowest BCUT2D eigenvalue weighted by Crippen LogP contribution is -2.32. The summed E-state index contributed by atoms with van der Waals surface area (Å²) in [6.45, 7) is 6.54. The minimum absolute atomic E-state index is 0.0672. The predicted octanol–water partition coefficient (Wildman–Crippen LogP) is 2.65. The Morgan fingerprint density at radius 1 is 1.15 bits per heavy atom. The highest BCUT2D eigenvalue weighted by Gasteiger charge is 2.11. The van der Waals surface area contributed by atoms with E-state index < -0.39 is 0 Å². The molecule has 0 saturated heterocycles. The van der Waals surface area contributed by atoms with E-state index in [-0.39, 0.29) is 11.5 Å². The first kappa shape index (κ1) is 19.0. The zero-order valence-electron chi connectivity index (χ0n) is 15.7. The summed E-state index contributed by atoms with van der Waals surface area (Å²) in [4.78, 5) is 29.6. The Bertz CT molecular complexity index is 1020. The molecule has 3 rings (SSSR count). The summed E-state index contributed by atoms with van der Waals surface area (Å²) in [5.74, 6) is -0.0672. The van der Waals surface area contributed by atoms with Crippen LogP contribution in [0.1, 0.15) is 21.8 Å². The third kappa shape index (κ3) is 4.68. The molecular formula is C20H22N4O2S. The van der Waals surface area contributed by atoms with Crippen LogP contribution >= 0.6 is 11.3 Å². The molecule has 0 atom stereocenters. The fourth-order valence-corrected chi connectivity index (χ4v) is 3.73. The summed E-state index contributed by atoms with van der Waals surface area (Å²) < 4.78 is 1.39. The van der Waals surface area contributed by atoms with Crippen molar-refractivity contribution in [1.82, 2.24) is 20.1 Å². The fraction of sp³-hybridized carbons (Fsp3) is 0.300. The number of benzene rings is 1. The number of hydrogen-bond donors (Lipinski definition) is 1. The van der Waals surface area contributed by atoms with Gasteiger partial charge in [-0.05, 0) is 38.0 Å². The average Bonchev–Trinajstić information content (AvgIpc) is 2.97. The van der Waals surface area contributed by atoms with Gasteiger partial charge < -0.3 is 5.32 Å². The van der Waals surface area contributed by atoms with E-state index in [4.69, 9.17) is 0 Å². The highest BCUT2D eigenvalue weighted by Crippen LogP contribution is 2.27. The van der Waals surface area contributed by atoms with Gasteiger partial charge in [-0.3, -0.25) is 9.59 Å². The number of carbonyl (C=O) groups is 1. The van der Waals surface area contributed by atoms with E-state index in [9.17, 15) is 9.59 Å². The number of rotatable bonds is 6. The number of hydrogen-bond acceptors (Lipinski definition) is 5. The maximum Gasteiger partial charge on any atom is 0.266 e. The first-order chi connectivity index (χ1) is 12.9. The Morgan fingerprint density at radius 2 is 1.93 bits per heavy atom. The summed E-state index contributed by atoms with van der Waals surface area (Å²) in [6.07, 6.45) is 0.328. The van der Waals surface area contributed by atoms with Gasteiger partial charge in [-0.25, -0.2) is 9.67 Å². The van der Waals surface area contributed by atoms with Crippen LogP contribution in [0.4, 0.5) is 0 Å². The van der Waals surface area contributed by atoms with E-state index in [0.29, 0.717) is 19.5 Å². The second kappa shape index (κ2) is 8.26. The molecule has 0 radical (unpaired) electrons. The van der Waals surface area contributed by atoms with Gasteiger partial charge in [0, 0.05) is 12.6 Å². The Hall–Kier alpha value is -2.80. The number of nitrogens with zero attached hydrogens (tertiary/aromatic N) is 3. The molecule has 1 N–H and O–H groups in total. The summed E-state index contributed by atoms with van der Waals surface area (Å²) >= 11 is 1.55. The van der Waals surface area contributed by atoms with Crippen molar-refractivity contribution in [3.8, 4) is 10.6 Å². The normalized spacial score (nSPS) is 10.8. The van der Waals surface area contributed by atoms with Crippen LogP contribution in [-0.4, -0.2) is 27.2 Å². The van der Waals surface area contributed by atoms with E-state index in [2.05, 4.69) is 15.4 Å². The van der Waals surface area contributed by atoms with Crippen molar-refractivity contribution in [1.29, 1.82) is 0 Å². The summed E-state index contributed by atoms with van der Waals surface area (Å²) in [5.41, 5.74) is 3.54. The molecule has 140 valence electrons. The monoisotopic (exact) mass is 382 g/mol. The van der Waals surface area contributed by atoms with Crippen LogP contribution in [0.25, 0.3) is 10.6 Å². The standard InChI is InChI=1S/C20H22N4O2S/c1-13-6-4-5-7-16(13)12-18(25)21-10-11-24-19(26)9-8-17(23-24)20-14(2)22-15(3)27-20/h4-9H,10-12H2,1-3H3,(H,21,25). The molecule has 7 heteroatoms. The van der Waals surface area contributed by atoms with Crippen molar-refractivity contribution >= 4 is 17.2 Å². The molecule has 0 bridgehead atoms. The highest BCUT2D eigenvalue weighted by molar-refractivity contribution is 7.15. The van der Waals surface area contributed by atoms with Crippen LogP contribution in [0.5, 0.6) is 0 Å². The maximum absolute atomic E-state index is 12.2. The summed E-state index contributed by atoms with van der Waals surface area (Å²) in [6, 6.07) is 11.0. The summed E-state index contributed by atoms with van der Waals surface area (Å²) in [7, 11) is 0. The second-order valence-electron chi connectivity index (χ2n) is 6.38. The topological polar surface area (TPSA) is 76.9 Å². The molecule has 0 aliphatic rings. The largest absolute Gasteiger partial charge is 0.354 e. The third-order valence-corrected chi connectivity index (χ3v) is 5.36. The Balaban J connectivity index is 1.63. The minimum Gasteiger partial charge on any atom is -0.354 e. The number of aryl methyl sites for hydroxylation is 3. The lowest BCUT2D eigenvalue weighted by atomic mass is 10.1. The van der Waals surface area contributed by atoms with Gasteiger partial charge in [0.2, 0.25) is 5.91 Å². The highest BCUT2D eigenvalue weighted by atomic mass is 32.1. The van der Waals surface area contributed by atoms with E-state index in [1.165, 1.54) is 10.7 Å². The molecule has 0 aliphatic carbocycles. The van der Waals surface area contributed by atoms with Gasteiger partial charge in [0.1, 0.15) is 5.69 Å². The van der Waals surface area contributed by atoms with Crippen LogP contribution in [0.15, 0.2) is 41.2 Å². The quantitative estimate of drug-likeness (QED) is 0.711. The van der Waals surface area contributed by atoms with Crippen molar-refractivity contribution in [3.05, 3.63) is 68.6 Å². The zero-order chi connectivity index (χ0) is 19.4. The SMILES string of the molecule is Cc1nc(C)c(-c2ccc(=O)n(CCNC(=O)Cc3ccccc3C)n2)s1. The number of thiazole rings is 1. The van der Waals surface area contributed by atoms with Gasteiger partial charge in [0.05, 0.1) is 28.5 Å². The van der Waals surface area contributed by atoms with Crippen molar-refractivity contribution in [2.24, 2.45) is 0 Å². The number of amides is 1. The predicted molar refractivity (Wildman–Crippen MR) is 107 cm³/mol. The molecule has 0 aliphatic heterocycles. The zero-order valence-corrected chi connectivity index (χ0v) is 16.5. The van der Waals surface area contributed by atoms with E-state index in [1.807, 2.05) is 45.0 Å². The molecule has 2 heterocycles. The number of aromatic nitrogens is 3. The molecule has 0 spiro atoms. The third-order valence-electron chi connectivity index (χ3n) is 4.26. The smallest absolute Gasteiger partial charge is 0.266 e. The van der Waals surface area contributed by atoms with Crippen LogP contribution in [-0.2, 0) is 17.8 Å². The Labute approximate surface area is 161 Å². The van der Waals surface area contributed by atoms with E-state index >= 15 is 0 Å². The maximum atomic E-state index is 12.2. The van der Waals surface area contributed by atoms with Gasteiger partial charge in [-0.2, -0.15) is 5.10 Å². The molecule has 6 nitrogen and oxygen atoms in total. The molecular weight excluding hydrogens is 360 g/mol. The lowest BCUT2D eigenvalue weighted by molar-refractivity contribution is -0.120. The molecule has 0 unspecified atom stereocenters. The van der Waals surface area contributed by atoms with E-state index in [1.54, 1.807) is 17.4 Å². The van der Waals surface area contributed by atoms with Crippen molar-refractivity contribution < 1.29 is 4.79 Å². The molecule has 27 heavy (non-hydrogen) atoms. The lowest BCUT2D eigenvalue weighted by Gasteiger charge is -2.09. The summed E-state index contributed by atoms with van der Waals surface area (Å²) in [5, 5.41) is 8.26. The number of carbonyl (C=O) groups excluding carboxylic acids is 1. The van der Waals surface area contributed by atoms with Crippen LogP contribution < -0.4 is 10.9 Å². The molecule has 2 aromatic heterocycles. The number of nitrogens with one attached hydrogen (secondary N) is 1. The van der Waals surface area contributed by atoms with Gasteiger partial charge in [0.25, 0.3) is 5.56 Å². The van der Waals surface area contributed by atoms with Crippen LogP contribution in [0.3, 0.4) is 0 Å². The Morgan fingerprint density at radius 3 is 2.63 bits per heavy atom. The fourth-order valence-electron chi connectivity index (χ4n) is 2.84. The second-order valence-corrected chi connectivity index (χ2v) is 7.58. The first-order valence-corrected chi connectivity index (χ1v) is 9.59. The molecule has 1 aromatic carbocycles. The minimum atomic E-state index is -0.189. The van der Waals surface area contributed by atoms with Gasteiger partial charge in [0.15, 0.2) is 0 Å². The molecule has 3 aromatic rings. The average molecular weight is 382 g/mol. The van der Waals surface area contributed by atoms with Crippen molar-refractivity contribution in [3.63, 3.8) is 0 Å². The van der Waals surface area contributed by atoms with Gasteiger partial charge >= 0.3 is 0 Å². The van der Waals surface area contributed by atoms with Gasteiger partial charge in [-0.15, -0.1) is 11.3 Å². The van der Waals surface area contributed by atoms with Crippen LogP contribution in [0.2, 0.25) is 0 Å². The van der Waals surface area contributed by atoms with Crippen molar-refractivity contribution in [2.45, 2.75) is 33.7 Å². The molecule has 0 saturated carbocycles. The van der Waals surface area contributed by atoms with Crippen LogP contribution in [0, 0.1) is 20.8 Å². The van der Waals surface area contributed by atoms with E-state index in [0.717, 1.165) is 32.4 Å². The first-order valence-electron chi connectivity index (χ1n) is 8.78. The molecule has 0 fully saturated rings. The van der Waals surface area contributed by atoms with Gasteiger partial charge in [-0.1, -0.05) is 24.3 Å².